The van der Waals surface area contributed by atoms with E-state index in [4.69, 9.17) is 0 Å². The van der Waals surface area contributed by atoms with Gasteiger partial charge in [-0.1, -0.05) is 6.92 Å². The van der Waals surface area contributed by atoms with Crippen LogP contribution in [0.25, 0.3) is 0 Å². The summed E-state index contributed by atoms with van der Waals surface area (Å²) in [4.78, 5) is 11.3. The van der Waals surface area contributed by atoms with Crippen molar-refractivity contribution in [3.8, 4) is 0 Å². The Kier molecular flexibility index (Phi) is 3.97. The van der Waals surface area contributed by atoms with Gasteiger partial charge in [0.25, 0.3) is 0 Å². The van der Waals surface area contributed by atoms with Gasteiger partial charge >= 0.3 is 0 Å². The summed E-state index contributed by atoms with van der Waals surface area (Å²) in [5.74, 6) is 2.01. The fraction of sp³-hybridized carbons (Fsp3) is 0.733. The summed E-state index contributed by atoms with van der Waals surface area (Å²) >= 11 is 0. The Balaban J connectivity index is 1.71. The highest BCUT2D eigenvalue weighted by Gasteiger charge is 2.27. The molecule has 2 fully saturated rings. The summed E-state index contributed by atoms with van der Waals surface area (Å²) in [6.07, 6.45) is 8.09. The summed E-state index contributed by atoms with van der Waals surface area (Å²) in [7, 11) is 0. The van der Waals surface area contributed by atoms with Gasteiger partial charge in [-0.3, -0.25) is 0 Å². The van der Waals surface area contributed by atoms with Gasteiger partial charge in [-0.05, 0) is 44.6 Å². The fourth-order valence-corrected chi connectivity index (χ4v) is 2.80. The van der Waals surface area contributed by atoms with Crippen molar-refractivity contribution in [2.45, 2.75) is 45.1 Å². The SMILES string of the molecule is CCc1cc(N(CC2CC2)CC2CCCN2)ncn1. The summed E-state index contributed by atoms with van der Waals surface area (Å²) in [5, 5.41) is 3.59. The first-order valence-corrected chi connectivity index (χ1v) is 7.64. The van der Waals surface area contributed by atoms with Gasteiger partial charge in [-0.25, -0.2) is 9.97 Å². The number of rotatable bonds is 6. The van der Waals surface area contributed by atoms with E-state index >= 15 is 0 Å². The average molecular weight is 260 g/mol. The third-order valence-corrected chi connectivity index (χ3v) is 4.17. The molecule has 0 radical (unpaired) electrons. The highest BCUT2D eigenvalue weighted by Crippen LogP contribution is 2.31. The molecule has 1 unspecified atom stereocenters. The number of anilines is 1. The Labute approximate surface area is 115 Å². The first kappa shape index (κ1) is 12.9. The average Bonchev–Trinajstić information content (AvgIpc) is 3.12. The molecular formula is C15H24N4. The lowest BCUT2D eigenvalue weighted by Gasteiger charge is -2.27. The molecule has 3 rings (SSSR count). The van der Waals surface area contributed by atoms with Gasteiger partial charge in [0.1, 0.15) is 12.1 Å². The summed E-state index contributed by atoms with van der Waals surface area (Å²) in [6, 6.07) is 2.80. The minimum atomic E-state index is 0.638. The maximum atomic E-state index is 4.50. The van der Waals surface area contributed by atoms with E-state index in [1.54, 1.807) is 6.33 Å². The van der Waals surface area contributed by atoms with Crippen molar-refractivity contribution in [1.82, 2.24) is 15.3 Å². The number of nitrogens with one attached hydrogen (secondary N) is 1. The molecule has 104 valence electrons. The van der Waals surface area contributed by atoms with E-state index in [2.05, 4.69) is 33.2 Å². The van der Waals surface area contributed by atoms with E-state index in [0.717, 1.165) is 30.4 Å². The molecule has 1 saturated heterocycles. The smallest absolute Gasteiger partial charge is 0.132 e. The van der Waals surface area contributed by atoms with Gasteiger partial charge in [0.15, 0.2) is 0 Å². The van der Waals surface area contributed by atoms with Crippen LogP contribution in [0.3, 0.4) is 0 Å². The summed E-state index contributed by atoms with van der Waals surface area (Å²) < 4.78 is 0. The first-order chi connectivity index (χ1) is 9.35. The second kappa shape index (κ2) is 5.87. The number of nitrogens with zero attached hydrogens (tertiary/aromatic N) is 3. The molecule has 1 saturated carbocycles. The van der Waals surface area contributed by atoms with Gasteiger partial charge in [0.05, 0.1) is 0 Å². The van der Waals surface area contributed by atoms with Crippen molar-refractivity contribution < 1.29 is 0 Å². The molecular weight excluding hydrogens is 236 g/mol. The highest BCUT2D eigenvalue weighted by atomic mass is 15.2. The zero-order valence-corrected chi connectivity index (χ0v) is 11.8. The van der Waals surface area contributed by atoms with Crippen molar-refractivity contribution in [2.75, 3.05) is 24.5 Å². The third kappa shape index (κ3) is 3.44. The molecule has 0 bridgehead atoms. The van der Waals surface area contributed by atoms with Crippen LogP contribution in [-0.4, -0.2) is 35.6 Å². The monoisotopic (exact) mass is 260 g/mol. The lowest BCUT2D eigenvalue weighted by molar-refractivity contribution is 0.566. The molecule has 19 heavy (non-hydrogen) atoms. The van der Waals surface area contributed by atoms with Crippen LogP contribution in [0.2, 0.25) is 0 Å². The molecule has 0 aromatic carbocycles. The third-order valence-electron chi connectivity index (χ3n) is 4.17. The van der Waals surface area contributed by atoms with Gasteiger partial charge in [-0.2, -0.15) is 0 Å². The van der Waals surface area contributed by atoms with E-state index < -0.39 is 0 Å². The normalized spacial score (nSPS) is 22.7. The molecule has 1 aromatic heterocycles. The van der Waals surface area contributed by atoms with Crippen LogP contribution in [0.15, 0.2) is 12.4 Å². The molecule has 4 heteroatoms. The van der Waals surface area contributed by atoms with Gasteiger partial charge in [0.2, 0.25) is 0 Å². The zero-order valence-electron chi connectivity index (χ0n) is 11.8. The molecule has 2 heterocycles. The van der Waals surface area contributed by atoms with Gasteiger partial charge in [-0.15, -0.1) is 0 Å². The van der Waals surface area contributed by atoms with Crippen LogP contribution in [0.5, 0.6) is 0 Å². The number of aryl methyl sites for hydroxylation is 1. The van der Waals surface area contributed by atoms with Crippen LogP contribution in [0.4, 0.5) is 5.82 Å². The second-order valence-corrected chi connectivity index (χ2v) is 5.86. The molecule has 4 nitrogen and oxygen atoms in total. The van der Waals surface area contributed by atoms with Crippen molar-refractivity contribution >= 4 is 5.82 Å². The molecule has 1 aliphatic heterocycles. The largest absolute Gasteiger partial charge is 0.355 e. The van der Waals surface area contributed by atoms with E-state index in [0.29, 0.717) is 6.04 Å². The van der Waals surface area contributed by atoms with E-state index in [1.165, 1.54) is 38.8 Å². The van der Waals surface area contributed by atoms with Crippen molar-refractivity contribution in [3.63, 3.8) is 0 Å². The minimum Gasteiger partial charge on any atom is -0.355 e. The van der Waals surface area contributed by atoms with Crippen molar-refractivity contribution in [2.24, 2.45) is 5.92 Å². The highest BCUT2D eigenvalue weighted by molar-refractivity contribution is 5.39. The van der Waals surface area contributed by atoms with Gasteiger partial charge < -0.3 is 10.2 Å². The Morgan fingerprint density at radius 3 is 2.84 bits per heavy atom. The van der Waals surface area contributed by atoms with Crippen LogP contribution in [-0.2, 0) is 6.42 Å². The molecule has 1 atom stereocenters. The van der Waals surface area contributed by atoms with Crippen LogP contribution in [0, 0.1) is 5.92 Å². The Morgan fingerprint density at radius 1 is 1.26 bits per heavy atom. The lowest BCUT2D eigenvalue weighted by Crippen LogP contribution is -2.39. The first-order valence-electron chi connectivity index (χ1n) is 7.64. The Hall–Kier alpha value is -1.16. The maximum Gasteiger partial charge on any atom is 0.132 e. The number of hydrogen-bond donors (Lipinski definition) is 1. The summed E-state index contributed by atoms with van der Waals surface area (Å²) in [5.41, 5.74) is 1.14. The predicted octanol–water partition coefficient (Wildman–Crippen LogP) is 2.01. The van der Waals surface area contributed by atoms with Crippen LogP contribution >= 0.6 is 0 Å². The molecule has 1 N–H and O–H groups in total. The molecule has 0 amide bonds. The van der Waals surface area contributed by atoms with Crippen molar-refractivity contribution in [1.29, 1.82) is 0 Å². The number of hydrogen-bond acceptors (Lipinski definition) is 4. The molecule has 1 aliphatic carbocycles. The lowest BCUT2D eigenvalue weighted by atomic mass is 10.2. The second-order valence-electron chi connectivity index (χ2n) is 5.86. The minimum absolute atomic E-state index is 0.638. The quantitative estimate of drug-likeness (QED) is 0.849. The fourth-order valence-electron chi connectivity index (χ4n) is 2.80. The van der Waals surface area contributed by atoms with Crippen LogP contribution in [0.1, 0.15) is 38.3 Å². The molecule has 0 spiro atoms. The van der Waals surface area contributed by atoms with E-state index in [1.807, 2.05) is 0 Å². The van der Waals surface area contributed by atoms with Gasteiger partial charge in [0, 0.05) is 30.9 Å². The molecule has 2 aliphatic rings. The summed E-state index contributed by atoms with van der Waals surface area (Å²) in [6.45, 7) is 5.58. The zero-order chi connectivity index (χ0) is 13.1. The molecule has 1 aromatic rings. The maximum absolute atomic E-state index is 4.50. The standard InChI is InChI=1S/C15H24N4/c1-2-13-8-15(18-11-17-13)19(9-12-5-6-12)10-14-4-3-7-16-14/h8,11-12,14,16H,2-7,9-10H2,1H3. The van der Waals surface area contributed by atoms with Crippen molar-refractivity contribution in [3.05, 3.63) is 18.1 Å². The Morgan fingerprint density at radius 2 is 2.16 bits per heavy atom. The predicted molar refractivity (Wildman–Crippen MR) is 77.4 cm³/mol. The van der Waals surface area contributed by atoms with E-state index in [9.17, 15) is 0 Å². The Bertz CT molecular complexity index is 410. The topological polar surface area (TPSA) is 41.0 Å². The van der Waals surface area contributed by atoms with E-state index in [-0.39, 0.29) is 0 Å². The number of aromatic nitrogens is 2. The van der Waals surface area contributed by atoms with Crippen LogP contribution < -0.4 is 10.2 Å².